The first-order chi connectivity index (χ1) is 8.65. The van der Waals surface area contributed by atoms with Crippen molar-refractivity contribution in [2.75, 3.05) is 5.75 Å². The van der Waals surface area contributed by atoms with E-state index in [0.717, 1.165) is 4.47 Å². The van der Waals surface area contributed by atoms with Crippen molar-refractivity contribution in [3.05, 3.63) is 16.4 Å². The predicted octanol–water partition coefficient (Wildman–Crippen LogP) is 3.02. The molecule has 0 spiro atoms. The van der Waals surface area contributed by atoms with E-state index in [1.807, 2.05) is 18.0 Å². The summed E-state index contributed by atoms with van der Waals surface area (Å²) in [6.45, 7) is 4.29. The molecule has 2 unspecified atom stereocenters. The molecule has 1 saturated heterocycles. The molecule has 2 rings (SSSR count). The van der Waals surface area contributed by atoms with Gasteiger partial charge in [-0.25, -0.2) is 0 Å². The van der Waals surface area contributed by atoms with Gasteiger partial charge in [-0.3, -0.25) is 16.0 Å². The van der Waals surface area contributed by atoms with Gasteiger partial charge in [0.1, 0.15) is 0 Å². The molecule has 1 aromatic heterocycles. The van der Waals surface area contributed by atoms with Crippen LogP contribution in [0.3, 0.4) is 0 Å². The van der Waals surface area contributed by atoms with E-state index in [9.17, 15) is 0 Å². The number of aromatic nitrogens is 2. The van der Waals surface area contributed by atoms with Gasteiger partial charge < -0.3 is 0 Å². The van der Waals surface area contributed by atoms with E-state index < -0.39 is 0 Å². The highest BCUT2D eigenvalue weighted by Crippen LogP contribution is 2.37. The van der Waals surface area contributed by atoms with E-state index >= 15 is 0 Å². The molecule has 1 aliphatic heterocycles. The topological polar surface area (TPSA) is 55.9 Å². The molecule has 4 nitrogen and oxygen atoms in total. The van der Waals surface area contributed by atoms with Gasteiger partial charge in [0.15, 0.2) is 0 Å². The number of rotatable bonds is 4. The van der Waals surface area contributed by atoms with Crippen LogP contribution in [0.1, 0.15) is 50.9 Å². The van der Waals surface area contributed by atoms with Crippen LogP contribution in [0.2, 0.25) is 0 Å². The molecule has 0 bridgehead atoms. The molecule has 1 aromatic rings. The Hall–Kier alpha value is -0.0400. The summed E-state index contributed by atoms with van der Waals surface area (Å²) in [5.74, 6) is 7.04. The number of hydrogen-bond donors (Lipinski definition) is 2. The van der Waals surface area contributed by atoms with E-state index in [2.05, 4.69) is 45.0 Å². The van der Waals surface area contributed by atoms with Gasteiger partial charge in [0.25, 0.3) is 0 Å². The van der Waals surface area contributed by atoms with Crippen molar-refractivity contribution >= 4 is 27.7 Å². The lowest BCUT2D eigenvalue weighted by Crippen LogP contribution is -2.38. The standard InChI is InChI=1S/C12H21BrN4S/c1-8(2)17-12(9(13)7-15-17)11(16-14)10-5-3-4-6-18-10/h7-8,10-11,16H,3-6,14H2,1-2H3. The molecule has 0 saturated carbocycles. The Morgan fingerprint density at radius 1 is 1.56 bits per heavy atom. The van der Waals surface area contributed by atoms with Crippen molar-refractivity contribution in [2.45, 2.75) is 50.4 Å². The average molecular weight is 333 g/mol. The first-order valence-electron chi connectivity index (χ1n) is 6.45. The molecule has 102 valence electrons. The molecule has 1 aliphatic rings. The molecule has 0 radical (unpaired) electrons. The number of hydrazine groups is 1. The zero-order valence-corrected chi connectivity index (χ0v) is 13.3. The van der Waals surface area contributed by atoms with Crippen LogP contribution in [0.4, 0.5) is 0 Å². The highest BCUT2D eigenvalue weighted by molar-refractivity contribution is 9.10. The predicted molar refractivity (Wildman–Crippen MR) is 80.5 cm³/mol. The van der Waals surface area contributed by atoms with Gasteiger partial charge in [0.05, 0.1) is 22.4 Å². The molecule has 2 atom stereocenters. The molecule has 1 fully saturated rings. The Kier molecular flexibility index (Phi) is 5.12. The van der Waals surface area contributed by atoms with Gasteiger partial charge in [-0.2, -0.15) is 16.9 Å². The van der Waals surface area contributed by atoms with E-state index in [-0.39, 0.29) is 6.04 Å². The smallest absolute Gasteiger partial charge is 0.0759 e. The van der Waals surface area contributed by atoms with E-state index in [1.54, 1.807) is 0 Å². The Bertz CT molecular complexity index is 387. The molecule has 3 N–H and O–H groups in total. The van der Waals surface area contributed by atoms with Crippen LogP contribution in [0.5, 0.6) is 0 Å². The van der Waals surface area contributed by atoms with Crippen LogP contribution < -0.4 is 11.3 Å². The number of thioether (sulfide) groups is 1. The monoisotopic (exact) mass is 332 g/mol. The van der Waals surface area contributed by atoms with E-state index in [1.165, 1.54) is 30.7 Å². The number of nitrogens with zero attached hydrogens (tertiary/aromatic N) is 2. The molecule has 2 heterocycles. The summed E-state index contributed by atoms with van der Waals surface area (Å²) >= 11 is 5.62. The second-order valence-corrected chi connectivity index (χ2v) is 7.17. The summed E-state index contributed by atoms with van der Waals surface area (Å²) in [7, 11) is 0. The molecular weight excluding hydrogens is 312 g/mol. The maximum Gasteiger partial charge on any atom is 0.0759 e. The normalized spacial score (nSPS) is 22.4. The summed E-state index contributed by atoms with van der Waals surface area (Å²) in [5.41, 5.74) is 4.17. The summed E-state index contributed by atoms with van der Waals surface area (Å²) in [5, 5.41) is 4.98. The van der Waals surface area contributed by atoms with Crippen molar-refractivity contribution in [3.8, 4) is 0 Å². The van der Waals surface area contributed by atoms with Crippen molar-refractivity contribution < 1.29 is 0 Å². The third kappa shape index (κ3) is 2.92. The minimum Gasteiger partial charge on any atom is -0.271 e. The van der Waals surface area contributed by atoms with Crippen LogP contribution in [0.15, 0.2) is 10.7 Å². The minimum absolute atomic E-state index is 0.162. The van der Waals surface area contributed by atoms with Crippen LogP contribution in [0.25, 0.3) is 0 Å². The molecule has 0 amide bonds. The third-order valence-electron chi connectivity index (χ3n) is 3.34. The Balaban J connectivity index is 2.28. The third-order valence-corrected chi connectivity index (χ3v) is 5.41. The van der Waals surface area contributed by atoms with Crippen molar-refractivity contribution in [1.82, 2.24) is 15.2 Å². The number of halogens is 1. The highest BCUT2D eigenvalue weighted by Gasteiger charge is 2.29. The fourth-order valence-corrected chi connectivity index (χ4v) is 4.37. The van der Waals surface area contributed by atoms with E-state index in [0.29, 0.717) is 11.3 Å². The fourth-order valence-electron chi connectivity index (χ4n) is 2.44. The zero-order valence-electron chi connectivity index (χ0n) is 10.9. The average Bonchev–Trinajstić information content (AvgIpc) is 2.74. The second kappa shape index (κ2) is 6.41. The number of nitrogens with two attached hydrogens (primary N) is 1. The Labute approximate surface area is 121 Å². The van der Waals surface area contributed by atoms with Crippen LogP contribution >= 0.6 is 27.7 Å². The summed E-state index contributed by atoms with van der Waals surface area (Å²) < 4.78 is 3.11. The van der Waals surface area contributed by atoms with Gasteiger partial charge in [0, 0.05) is 11.3 Å². The lowest BCUT2D eigenvalue weighted by atomic mass is 10.0. The summed E-state index contributed by atoms with van der Waals surface area (Å²) in [4.78, 5) is 0. The lowest BCUT2D eigenvalue weighted by Gasteiger charge is -2.30. The largest absolute Gasteiger partial charge is 0.271 e. The Morgan fingerprint density at radius 2 is 2.33 bits per heavy atom. The second-order valence-electron chi connectivity index (χ2n) is 4.97. The van der Waals surface area contributed by atoms with E-state index in [4.69, 9.17) is 5.84 Å². The first-order valence-corrected chi connectivity index (χ1v) is 8.30. The van der Waals surface area contributed by atoms with Gasteiger partial charge >= 0.3 is 0 Å². The highest BCUT2D eigenvalue weighted by atomic mass is 79.9. The summed E-state index contributed by atoms with van der Waals surface area (Å²) in [6, 6.07) is 0.505. The first kappa shape index (κ1) is 14.4. The molecule has 0 aromatic carbocycles. The molecule has 6 heteroatoms. The van der Waals surface area contributed by atoms with Gasteiger partial charge in [0.2, 0.25) is 0 Å². The maximum atomic E-state index is 5.81. The maximum absolute atomic E-state index is 5.81. The molecular formula is C12H21BrN4S. The minimum atomic E-state index is 0.162. The number of nitrogens with one attached hydrogen (secondary N) is 1. The molecule has 18 heavy (non-hydrogen) atoms. The zero-order chi connectivity index (χ0) is 13.1. The SMILES string of the molecule is CC(C)n1ncc(Br)c1C(NN)C1CCCCS1. The van der Waals surface area contributed by atoms with Crippen molar-refractivity contribution in [1.29, 1.82) is 0 Å². The number of hydrogen-bond acceptors (Lipinski definition) is 4. The van der Waals surface area contributed by atoms with Gasteiger partial charge in [-0.1, -0.05) is 6.42 Å². The van der Waals surface area contributed by atoms with Crippen LogP contribution in [-0.4, -0.2) is 20.8 Å². The Morgan fingerprint density at radius 3 is 2.89 bits per heavy atom. The lowest BCUT2D eigenvalue weighted by molar-refractivity contribution is 0.424. The quantitative estimate of drug-likeness (QED) is 0.657. The molecule has 0 aliphatic carbocycles. The van der Waals surface area contributed by atoms with Crippen molar-refractivity contribution in [3.63, 3.8) is 0 Å². The fraction of sp³-hybridized carbons (Fsp3) is 0.750. The van der Waals surface area contributed by atoms with Gasteiger partial charge in [-0.05, 0) is 48.4 Å². The van der Waals surface area contributed by atoms with Gasteiger partial charge in [-0.15, -0.1) is 0 Å². The van der Waals surface area contributed by atoms with Crippen molar-refractivity contribution in [2.24, 2.45) is 5.84 Å². The van der Waals surface area contributed by atoms with Crippen LogP contribution in [0, 0.1) is 0 Å². The van der Waals surface area contributed by atoms with Crippen LogP contribution in [-0.2, 0) is 0 Å². The summed E-state index contributed by atoms with van der Waals surface area (Å²) in [6.07, 6.45) is 5.70.